The summed E-state index contributed by atoms with van der Waals surface area (Å²) < 4.78 is 1.68. The smallest absolute Gasteiger partial charge is 0.229 e. The topological polar surface area (TPSA) is 46.9 Å². The zero-order valence-electron chi connectivity index (χ0n) is 13.7. The van der Waals surface area contributed by atoms with Crippen LogP contribution in [0.5, 0.6) is 0 Å². The second kappa shape index (κ2) is 8.23. The van der Waals surface area contributed by atoms with Gasteiger partial charge in [-0.2, -0.15) is 5.10 Å². The van der Waals surface area contributed by atoms with Gasteiger partial charge in [0.1, 0.15) is 0 Å². The van der Waals surface area contributed by atoms with Crippen LogP contribution in [-0.2, 0) is 11.3 Å². The predicted octanol–water partition coefficient (Wildman–Crippen LogP) is 4.96. The van der Waals surface area contributed by atoms with Crippen molar-refractivity contribution >= 4 is 35.0 Å². The molecule has 0 aliphatic heterocycles. The number of rotatable bonds is 6. The molecule has 0 fully saturated rings. The highest BCUT2D eigenvalue weighted by Crippen LogP contribution is 2.33. The lowest BCUT2D eigenvalue weighted by atomic mass is 10.1. The van der Waals surface area contributed by atoms with E-state index in [9.17, 15) is 4.79 Å². The molecule has 0 saturated heterocycles. The Bertz CT molecular complexity index is 851. The molecule has 0 bridgehead atoms. The Morgan fingerprint density at radius 3 is 2.64 bits per heavy atom. The molecule has 6 heteroatoms. The van der Waals surface area contributed by atoms with Crippen LogP contribution in [0.2, 0.25) is 5.02 Å². The van der Waals surface area contributed by atoms with Crippen molar-refractivity contribution in [1.29, 1.82) is 0 Å². The van der Waals surface area contributed by atoms with Gasteiger partial charge in [0.2, 0.25) is 5.91 Å². The molecule has 1 aromatic heterocycles. The minimum absolute atomic E-state index is 0.0484. The van der Waals surface area contributed by atoms with Crippen LogP contribution in [0, 0.1) is 5.92 Å². The summed E-state index contributed by atoms with van der Waals surface area (Å²) in [5.74, 6) is -0.279. The summed E-state index contributed by atoms with van der Waals surface area (Å²) in [7, 11) is 0. The van der Waals surface area contributed by atoms with Crippen molar-refractivity contribution < 1.29 is 4.79 Å². The minimum atomic E-state index is -0.231. The normalized spacial score (nSPS) is 11.9. The van der Waals surface area contributed by atoms with E-state index in [1.165, 1.54) is 0 Å². The van der Waals surface area contributed by atoms with Crippen LogP contribution in [0.25, 0.3) is 0 Å². The number of carbonyl (C=O) groups excluding carboxylic acids is 1. The molecular weight excluding hydrogens is 354 g/mol. The molecule has 128 valence electrons. The van der Waals surface area contributed by atoms with Gasteiger partial charge in [-0.05, 0) is 24.3 Å². The molecule has 1 unspecified atom stereocenters. The van der Waals surface area contributed by atoms with Gasteiger partial charge in [0, 0.05) is 16.0 Å². The zero-order valence-corrected chi connectivity index (χ0v) is 15.3. The van der Waals surface area contributed by atoms with E-state index < -0.39 is 0 Å². The maximum absolute atomic E-state index is 12.5. The van der Waals surface area contributed by atoms with Crippen LogP contribution in [0.3, 0.4) is 0 Å². The van der Waals surface area contributed by atoms with Crippen molar-refractivity contribution in [1.82, 2.24) is 9.78 Å². The fourth-order valence-electron chi connectivity index (χ4n) is 2.33. The average molecular weight is 372 g/mol. The van der Waals surface area contributed by atoms with E-state index in [0.717, 1.165) is 15.5 Å². The van der Waals surface area contributed by atoms with Gasteiger partial charge in [-0.15, -0.1) is 0 Å². The van der Waals surface area contributed by atoms with E-state index in [1.54, 1.807) is 28.8 Å². The van der Waals surface area contributed by atoms with Crippen molar-refractivity contribution in [2.24, 2.45) is 5.92 Å². The highest BCUT2D eigenvalue weighted by Gasteiger charge is 2.16. The highest BCUT2D eigenvalue weighted by atomic mass is 35.5. The number of aromatic nitrogens is 2. The molecular formula is C19H18ClN3OS. The average Bonchev–Trinajstić information content (AvgIpc) is 3.02. The third kappa shape index (κ3) is 4.87. The van der Waals surface area contributed by atoms with Gasteiger partial charge < -0.3 is 5.32 Å². The molecule has 0 aliphatic carbocycles. The lowest BCUT2D eigenvalue weighted by molar-refractivity contribution is -0.119. The number of nitrogens with one attached hydrogen (secondary N) is 1. The van der Waals surface area contributed by atoms with Crippen molar-refractivity contribution in [2.45, 2.75) is 23.3 Å². The molecule has 3 aromatic rings. The molecule has 1 atom stereocenters. The first-order chi connectivity index (χ1) is 12.1. The van der Waals surface area contributed by atoms with E-state index in [2.05, 4.69) is 10.4 Å². The number of anilines is 1. The largest absolute Gasteiger partial charge is 0.325 e. The van der Waals surface area contributed by atoms with Gasteiger partial charge in [-0.1, -0.05) is 60.6 Å². The summed E-state index contributed by atoms with van der Waals surface area (Å²) in [4.78, 5) is 14.7. The van der Waals surface area contributed by atoms with Crippen molar-refractivity contribution in [3.05, 3.63) is 72.0 Å². The maximum atomic E-state index is 12.5. The Morgan fingerprint density at radius 2 is 1.92 bits per heavy atom. The number of carbonyl (C=O) groups is 1. The molecule has 0 aliphatic rings. The number of nitrogens with zero attached hydrogens (tertiary/aromatic N) is 2. The predicted molar refractivity (Wildman–Crippen MR) is 102 cm³/mol. The number of para-hydroxylation sites is 1. The second-order valence-corrected chi connectivity index (χ2v) is 7.23. The van der Waals surface area contributed by atoms with Gasteiger partial charge in [0.25, 0.3) is 0 Å². The van der Waals surface area contributed by atoms with Gasteiger partial charge in [0.15, 0.2) is 0 Å². The summed E-state index contributed by atoms with van der Waals surface area (Å²) in [6.07, 6.45) is 3.28. The number of hydrogen-bond acceptors (Lipinski definition) is 3. The molecule has 1 N–H and O–H groups in total. The summed E-state index contributed by atoms with van der Waals surface area (Å²) >= 11 is 7.49. The number of hydrogen-bond donors (Lipinski definition) is 1. The van der Waals surface area contributed by atoms with Crippen molar-refractivity contribution in [3.8, 4) is 0 Å². The highest BCUT2D eigenvalue weighted by molar-refractivity contribution is 7.99. The summed E-state index contributed by atoms with van der Waals surface area (Å²) in [5.41, 5.74) is 0.812. The summed E-state index contributed by atoms with van der Waals surface area (Å²) in [6, 6.07) is 17.9. The molecule has 0 saturated carbocycles. The third-order valence-corrected chi connectivity index (χ3v) is 4.91. The number of amides is 1. The Kier molecular flexibility index (Phi) is 5.79. The first kappa shape index (κ1) is 17.6. The van der Waals surface area contributed by atoms with E-state index in [4.69, 9.17) is 11.6 Å². The van der Waals surface area contributed by atoms with Gasteiger partial charge in [0.05, 0.1) is 29.4 Å². The summed E-state index contributed by atoms with van der Waals surface area (Å²) in [6.45, 7) is 2.35. The molecule has 1 heterocycles. The zero-order chi connectivity index (χ0) is 17.6. The maximum Gasteiger partial charge on any atom is 0.229 e. The van der Waals surface area contributed by atoms with Crippen LogP contribution in [-0.4, -0.2) is 15.7 Å². The fraction of sp³-hybridized carbons (Fsp3) is 0.158. The second-order valence-electron chi connectivity index (χ2n) is 5.68. The Balaban J connectivity index is 1.68. The molecule has 4 nitrogen and oxygen atoms in total. The van der Waals surface area contributed by atoms with Crippen molar-refractivity contribution in [2.75, 3.05) is 5.32 Å². The molecule has 0 radical (unpaired) electrons. The molecule has 25 heavy (non-hydrogen) atoms. The first-order valence-electron chi connectivity index (χ1n) is 7.92. The third-order valence-electron chi connectivity index (χ3n) is 3.63. The van der Waals surface area contributed by atoms with E-state index >= 15 is 0 Å². The minimum Gasteiger partial charge on any atom is -0.325 e. The lowest BCUT2D eigenvalue weighted by Gasteiger charge is -2.15. The Hall–Kier alpha value is -2.24. The molecule has 2 aromatic carbocycles. The molecule has 3 rings (SSSR count). The SMILES string of the molecule is CC(Cn1cc(Cl)cn1)C(=O)Nc1ccccc1Sc1ccccc1. The van der Waals surface area contributed by atoms with Crippen LogP contribution >= 0.6 is 23.4 Å². The van der Waals surface area contributed by atoms with Crippen LogP contribution in [0.15, 0.2) is 76.8 Å². The number of halogens is 1. The van der Waals surface area contributed by atoms with Crippen LogP contribution in [0.4, 0.5) is 5.69 Å². The van der Waals surface area contributed by atoms with E-state index in [0.29, 0.717) is 11.6 Å². The van der Waals surface area contributed by atoms with Gasteiger partial charge in [-0.3, -0.25) is 9.48 Å². The monoisotopic (exact) mass is 371 g/mol. The van der Waals surface area contributed by atoms with Crippen LogP contribution in [0.1, 0.15) is 6.92 Å². The van der Waals surface area contributed by atoms with Gasteiger partial charge in [-0.25, -0.2) is 0 Å². The fourth-order valence-corrected chi connectivity index (χ4v) is 3.41. The van der Waals surface area contributed by atoms with Crippen LogP contribution < -0.4 is 5.32 Å². The van der Waals surface area contributed by atoms with Crippen molar-refractivity contribution in [3.63, 3.8) is 0 Å². The molecule has 0 spiro atoms. The Labute approximate surface area is 156 Å². The Morgan fingerprint density at radius 1 is 1.20 bits per heavy atom. The summed E-state index contributed by atoms with van der Waals surface area (Å²) in [5, 5.41) is 7.71. The molecule has 1 amide bonds. The van der Waals surface area contributed by atoms with Gasteiger partial charge >= 0.3 is 0 Å². The quantitative estimate of drug-likeness (QED) is 0.666. The van der Waals surface area contributed by atoms with E-state index in [-0.39, 0.29) is 11.8 Å². The van der Waals surface area contributed by atoms with E-state index in [1.807, 2.05) is 61.5 Å². The number of benzene rings is 2. The standard InChI is InChI=1S/C19H18ClN3OS/c1-14(12-23-13-15(20)11-21-23)19(24)22-17-9-5-6-10-18(17)25-16-7-3-2-4-8-16/h2-11,13-14H,12H2,1H3,(H,22,24). The first-order valence-corrected chi connectivity index (χ1v) is 9.12. The lowest BCUT2D eigenvalue weighted by Crippen LogP contribution is -2.24.